The third kappa shape index (κ3) is 2.44. The minimum absolute atomic E-state index is 0.157. The maximum Gasteiger partial charge on any atom is 0.410 e. The molecule has 1 aromatic rings. The van der Waals surface area contributed by atoms with Gasteiger partial charge in [0.1, 0.15) is 6.61 Å². The van der Waals surface area contributed by atoms with Crippen molar-refractivity contribution in [3.63, 3.8) is 0 Å². The summed E-state index contributed by atoms with van der Waals surface area (Å²) >= 11 is 0. The Morgan fingerprint density at radius 3 is 2.86 bits per heavy atom. The van der Waals surface area contributed by atoms with Gasteiger partial charge in [-0.2, -0.15) is 0 Å². The van der Waals surface area contributed by atoms with Crippen molar-refractivity contribution in [1.82, 2.24) is 4.90 Å². The number of benzene rings is 1. The maximum absolute atomic E-state index is 11.7. The Morgan fingerprint density at radius 2 is 2.05 bits per heavy atom. The first kappa shape index (κ1) is 13.9. The zero-order valence-corrected chi connectivity index (χ0v) is 13.2. The summed E-state index contributed by atoms with van der Waals surface area (Å²) in [6.45, 7) is 3.58. The molecular formula is C18H24N2O2. The predicted molar refractivity (Wildman–Crippen MR) is 85.9 cm³/mol. The molecule has 0 bridgehead atoms. The number of nitrogens with one attached hydrogen (secondary N) is 1. The lowest BCUT2D eigenvalue weighted by Crippen LogP contribution is -2.39. The van der Waals surface area contributed by atoms with Crippen molar-refractivity contribution in [1.29, 1.82) is 0 Å². The number of hydrogen-bond acceptors (Lipinski definition) is 3. The fraction of sp³-hybridized carbons (Fsp3) is 0.611. The number of carbonyl (C=O) groups is 1. The van der Waals surface area contributed by atoms with E-state index in [0.29, 0.717) is 19.2 Å². The number of nitrogens with zero attached hydrogens (tertiary/aromatic N) is 1. The first-order valence-electron chi connectivity index (χ1n) is 8.51. The molecular weight excluding hydrogens is 276 g/mol. The van der Waals surface area contributed by atoms with Crippen LogP contribution in [0.25, 0.3) is 0 Å². The fourth-order valence-electron chi connectivity index (χ4n) is 4.05. The molecule has 4 nitrogen and oxygen atoms in total. The van der Waals surface area contributed by atoms with Crippen LogP contribution in [0.1, 0.15) is 43.7 Å². The Balaban J connectivity index is 1.54. The van der Waals surface area contributed by atoms with Gasteiger partial charge in [-0.25, -0.2) is 4.79 Å². The lowest BCUT2D eigenvalue weighted by Gasteiger charge is -2.33. The van der Waals surface area contributed by atoms with Crippen LogP contribution in [-0.2, 0) is 17.7 Å². The molecule has 2 aliphatic heterocycles. The quantitative estimate of drug-likeness (QED) is 0.908. The van der Waals surface area contributed by atoms with Crippen LogP contribution in [0.5, 0.6) is 0 Å². The predicted octanol–water partition coefficient (Wildman–Crippen LogP) is 3.55. The Morgan fingerprint density at radius 1 is 1.23 bits per heavy atom. The zero-order chi connectivity index (χ0) is 15.1. The largest absolute Gasteiger partial charge is 0.447 e. The number of rotatable bonds is 2. The van der Waals surface area contributed by atoms with Gasteiger partial charge in [-0.15, -0.1) is 0 Å². The molecule has 1 saturated carbocycles. The molecule has 0 aromatic heterocycles. The van der Waals surface area contributed by atoms with E-state index in [2.05, 4.69) is 30.4 Å². The number of ether oxygens (including phenoxy) is 1. The summed E-state index contributed by atoms with van der Waals surface area (Å²) in [4.78, 5) is 13.6. The fourth-order valence-corrected chi connectivity index (χ4v) is 4.05. The number of carbonyl (C=O) groups excluding carboxylic acids is 1. The molecule has 1 atom stereocenters. The van der Waals surface area contributed by atoms with Crippen LogP contribution in [0.4, 0.5) is 10.5 Å². The second kappa shape index (κ2) is 5.49. The van der Waals surface area contributed by atoms with Crippen LogP contribution in [0.3, 0.4) is 0 Å². The Kier molecular flexibility index (Phi) is 3.47. The van der Waals surface area contributed by atoms with E-state index < -0.39 is 0 Å². The van der Waals surface area contributed by atoms with Crippen molar-refractivity contribution in [2.45, 2.75) is 57.7 Å². The summed E-state index contributed by atoms with van der Waals surface area (Å²) in [5.41, 5.74) is 3.93. The first-order chi connectivity index (χ1) is 10.7. The highest BCUT2D eigenvalue weighted by Gasteiger charge is 2.37. The van der Waals surface area contributed by atoms with Crippen LogP contribution in [0, 0.1) is 5.92 Å². The highest BCUT2D eigenvalue weighted by atomic mass is 16.6. The normalized spacial score (nSPS) is 30.5. The molecule has 4 heteroatoms. The minimum Gasteiger partial charge on any atom is -0.447 e. The monoisotopic (exact) mass is 300 g/mol. The zero-order valence-electron chi connectivity index (χ0n) is 13.2. The van der Waals surface area contributed by atoms with Gasteiger partial charge < -0.3 is 10.1 Å². The summed E-state index contributed by atoms with van der Waals surface area (Å²) in [6.07, 6.45) is 5.93. The van der Waals surface area contributed by atoms with Crippen molar-refractivity contribution in [2.75, 3.05) is 11.9 Å². The molecule has 118 valence electrons. The Labute approximate surface area is 131 Å². The molecule has 2 heterocycles. The molecule has 1 amide bonds. The van der Waals surface area contributed by atoms with Crippen molar-refractivity contribution in [3.8, 4) is 0 Å². The second-order valence-electron chi connectivity index (χ2n) is 7.11. The van der Waals surface area contributed by atoms with E-state index in [0.717, 1.165) is 12.3 Å². The van der Waals surface area contributed by atoms with Gasteiger partial charge in [0.25, 0.3) is 0 Å². The molecule has 22 heavy (non-hydrogen) atoms. The Bertz CT molecular complexity index is 578. The maximum atomic E-state index is 11.7. The Hall–Kier alpha value is -1.71. The topological polar surface area (TPSA) is 41.6 Å². The average molecular weight is 300 g/mol. The van der Waals surface area contributed by atoms with E-state index in [9.17, 15) is 4.79 Å². The molecule has 1 aliphatic carbocycles. The van der Waals surface area contributed by atoms with Gasteiger partial charge in [-0.1, -0.05) is 19.1 Å². The highest BCUT2D eigenvalue weighted by Crippen LogP contribution is 2.34. The van der Waals surface area contributed by atoms with Gasteiger partial charge in [0.15, 0.2) is 0 Å². The van der Waals surface area contributed by atoms with Gasteiger partial charge in [-0.05, 0) is 55.2 Å². The van der Waals surface area contributed by atoms with Crippen LogP contribution in [0.2, 0.25) is 0 Å². The van der Waals surface area contributed by atoms with Gasteiger partial charge >= 0.3 is 6.09 Å². The number of cyclic esters (lactones) is 1. The van der Waals surface area contributed by atoms with Crippen LogP contribution in [0.15, 0.2) is 18.2 Å². The van der Waals surface area contributed by atoms with Crippen molar-refractivity contribution in [3.05, 3.63) is 29.3 Å². The molecule has 3 aliphatic rings. The molecule has 0 spiro atoms. The van der Waals surface area contributed by atoms with E-state index in [4.69, 9.17) is 4.74 Å². The van der Waals surface area contributed by atoms with Gasteiger partial charge in [-0.3, -0.25) is 4.90 Å². The van der Waals surface area contributed by atoms with E-state index in [1.807, 2.05) is 4.90 Å². The second-order valence-corrected chi connectivity index (χ2v) is 7.11. The molecule has 0 unspecified atom stereocenters. The molecule has 0 radical (unpaired) electrons. The first-order valence-corrected chi connectivity index (χ1v) is 8.51. The number of anilines is 1. The molecule has 4 rings (SSSR count). The third-order valence-corrected chi connectivity index (χ3v) is 5.50. The summed E-state index contributed by atoms with van der Waals surface area (Å²) in [6, 6.07) is 7.26. The highest BCUT2D eigenvalue weighted by molar-refractivity contribution is 5.71. The third-order valence-electron chi connectivity index (χ3n) is 5.50. The number of amides is 1. The standard InChI is InChI=1S/C18H24N2O2/c1-12-5-7-14(8-6-12)19-17-4-2-3-13-10-20-15(9-16(13)17)11-22-18(20)21/h2-4,12,14-15,19H,5-11H2,1H3/t12?,14?,15-/m1/s1. The van der Waals surface area contributed by atoms with Gasteiger partial charge in [0.2, 0.25) is 0 Å². The van der Waals surface area contributed by atoms with Gasteiger partial charge in [0.05, 0.1) is 6.04 Å². The van der Waals surface area contributed by atoms with Crippen molar-refractivity contribution >= 4 is 11.8 Å². The summed E-state index contributed by atoms with van der Waals surface area (Å²) in [7, 11) is 0. The van der Waals surface area contributed by atoms with Crippen LogP contribution in [-0.4, -0.2) is 29.7 Å². The van der Waals surface area contributed by atoms with Crippen LogP contribution < -0.4 is 5.32 Å². The lowest BCUT2D eigenvalue weighted by molar-refractivity contribution is 0.155. The molecule has 2 fully saturated rings. The molecule has 1 saturated heterocycles. The number of hydrogen-bond donors (Lipinski definition) is 1. The summed E-state index contributed by atoms with van der Waals surface area (Å²) in [5, 5.41) is 3.78. The van der Waals surface area contributed by atoms with E-state index in [1.54, 1.807) is 0 Å². The summed E-state index contributed by atoms with van der Waals surface area (Å²) in [5.74, 6) is 0.873. The lowest BCUT2D eigenvalue weighted by atomic mass is 9.86. The van der Waals surface area contributed by atoms with Crippen LogP contribution >= 0.6 is 0 Å². The smallest absolute Gasteiger partial charge is 0.410 e. The molecule has 1 N–H and O–H groups in total. The van der Waals surface area contributed by atoms with E-state index >= 15 is 0 Å². The summed E-state index contributed by atoms with van der Waals surface area (Å²) < 4.78 is 5.20. The SMILES string of the molecule is CC1CCC(Nc2cccc3c2C[C@@H]2COC(=O)N2C3)CC1. The average Bonchev–Trinajstić information content (AvgIpc) is 2.89. The number of fused-ring (bicyclic) bond motifs is 2. The van der Waals surface area contributed by atoms with Crippen molar-refractivity contribution < 1.29 is 9.53 Å². The van der Waals surface area contributed by atoms with E-state index in [-0.39, 0.29) is 12.1 Å². The van der Waals surface area contributed by atoms with E-state index in [1.165, 1.54) is 42.5 Å². The van der Waals surface area contributed by atoms with Gasteiger partial charge in [0, 0.05) is 18.3 Å². The van der Waals surface area contributed by atoms with Crippen molar-refractivity contribution in [2.24, 2.45) is 5.92 Å². The molecule has 1 aromatic carbocycles. The minimum atomic E-state index is -0.157.